The fourth-order valence-electron chi connectivity index (χ4n) is 7.14. The van der Waals surface area contributed by atoms with Gasteiger partial charge in [-0.2, -0.15) is 0 Å². The third-order valence-corrected chi connectivity index (χ3v) is 10.3. The first kappa shape index (κ1) is 48.5. The number of phenols is 1. The van der Waals surface area contributed by atoms with Gasteiger partial charge in [0, 0.05) is 16.5 Å². The molecule has 1 aromatic rings. The lowest BCUT2D eigenvalue weighted by atomic mass is 9.62. The molecule has 0 saturated heterocycles. The van der Waals surface area contributed by atoms with Crippen molar-refractivity contribution in [2.24, 2.45) is 5.92 Å². The molecule has 0 radical (unpaired) electrons. The van der Waals surface area contributed by atoms with Crippen molar-refractivity contribution in [1.29, 1.82) is 0 Å². The maximum atomic E-state index is 13.1. The van der Waals surface area contributed by atoms with Crippen molar-refractivity contribution >= 4 is 0 Å². The van der Waals surface area contributed by atoms with Crippen LogP contribution in [0.15, 0.2) is 104 Å². The normalized spacial score (nSPS) is 11.5. The molecule has 0 atom stereocenters. The Kier molecular flexibility index (Phi) is 21.0. The van der Waals surface area contributed by atoms with Gasteiger partial charge in [0.1, 0.15) is 0 Å². The highest BCUT2D eigenvalue weighted by atomic mass is 16.5. The van der Waals surface area contributed by atoms with Crippen molar-refractivity contribution in [1.82, 2.24) is 0 Å². The molecule has 0 aromatic heterocycles. The second-order valence-corrected chi connectivity index (χ2v) is 17.6. The van der Waals surface area contributed by atoms with E-state index in [-0.39, 0.29) is 0 Å². The molecule has 0 saturated carbocycles. The van der Waals surface area contributed by atoms with Crippen molar-refractivity contribution in [2.45, 2.75) is 174 Å². The Morgan fingerprint density at radius 1 is 0.500 bits per heavy atom. The molecule has 0 fully saturated rings. The number of hydrogen-bond donors (Lipinski definition) is 1. The molecular formula is C52H80O2. The average Bonchev–Trinajstić information content (AvgIpc) is 3.05. The number of aromatic hydroxyl groups is 1. The standard InChI is InChI=1S/C52H80O2/c1-35(2)19-25-44(26-20-36(3)4)43(17)48(30-24-40(11)12)52(33-31-41(13)14,34-32-42(15)16)49-46(28-22-38(7)8)45(27-21-37(5)6)47(29-23-39(9)10)51(54-18)50(49)53/h19-24,31-32,44,53H,25-30,33-34H2,1-18H3/b48-43+. The van der Waals surface area contributed by atoms with E-state index in [1.54, 1.807) is 7.11 Å². The summed E-state index contributed by atoms with van der Waals surface area (Å²) in [6, 6.07) is 0. The summed E-state index contributed by atoms with van der Waals surface area (Å²) in [6.07, 6.45) is 25.6. The molecule has 0 aliphatic rings. The van der Waals surface area contributed by atoms with E-state index in [0.29, 0.717) is 23.8 Å². The summed E-state index contributed by atoms with van der Waals surface area (Å²) in [4.78, 5) is 0. The number of benzene rings is 1. The van der Waals surface area contributed by atoms with Crippen molar-refractivity contribution in [3.05, 3.63) is 127 Å². The maximum Gasteiger partial charge on any atom is 0.164 e. The number of hydrogen-bond acceptors (Lipinski definition) is 2. The zero-order chi connectivity index (χ0) is 41.3. The van der Waals surface area contributed by atoms with Gasteiger partial charge in [-0.05, 0) is 186 Å². The third-order valence-electron chi connectivity index (χ3n) is 10.3. The highest BCUT2D eigenvalue weighted by Gasteiger charge is 2.42. The van der Waals surface area contributed by atoms with Crippen molar-refractivity contribution < 1.29 is 9.84 Å². The van der Waals surface area contributed by atoms with Crippen LogP contribution in [0.3, 0.4) is 0 Å². The molecule has 0 amide bonds. The van der Waals surface area contributed by atoms with Crippen LogP contribution in [0.25, 0.3) is 0 Å². The Hall–Kier alpha value is -3.52. The van der Waals surface area contributed by atoms with Crippen LogP contribution in [0.1, 0.15) is 172 Å². The first-order chi connectivity index (χ1) is 25.2. The minimum atomic E-state index is -0.546. The summed E-state index contributed by atoms with van der Waals surface area (Å²) >= 11 is 0. The maximum absolute atomic E-state index is 13.1. The van der Waals surface area contributed by atoms with Gasteiger partial charge in [-0.3, -0.25) is 0 Å². The zero-order valence-corrected chi connectivity index (χ0v) is 38.2. The van der Waals surface area contributed by atoms with E-state index in [9.17, 15) is 5.11 Å². The first-order valence-electron chi connectivity index (χ1n) is 20.4. The second kappa shape index (κ2) is 23.4. The zero-order valence-electron chi connectivity index (χ0n) is 38.2. The molecule has 0 aliphatic heterocycles. The summed E-state index contributed by atoms with van der Waals surface area (Å²) in [5.74, 6) is 1.23. The summed E-state index contributed by atoms with van der Waals surface area (Å²) in [6.45, 7) is 37.5. The molecule has 0 heterocycles. The van der Waals surface area contributed by atoms with Gasteiger partial charge in [0.15, 0.2) is 11.5 Å². The number of rotatable bonds is 20. The van der Waals surface area contributed by atoms with Gasteiger partial charge in [-0.1, -0.05) is 104 Å². The molecule has 1 rings (SSSR count). The highest BCUT2D eigenvalue weighted by molar-refractivity contribution is 5.66. The average molecular weight is 737 g/mol. The number of ether oxygens (including phenoxy) is 1. The van der Waals surface area contributed by atoms with Crippen molar-refractivity contribution in [3.8, 4) is 11.5 Å². The van der Waals surface area contributed by atoms with Crippen LogP contribution in [0.5, 0.6) is 11.5 Å². The fourth-order valence-corrected chi connectivity index (χ4v) is 7.14. The van der Waals surface area contributed by atoms with E-state index < -0.39 is 5.41 Å². The Labute approximate surface area is 334 Å². The second-order valence-electron chi connectivity index (χ2n) is 17.6. The van der Waals surface area contributed by atoms with E-state index in [1.165, 1.54) is 66.9 Å². The van der Waals surface area contributed by atoms with E-state index in [0.717, 1.165) is 56.1 Å². The van der Waals surface area contributed by atoms with Crippen LogP contribution in [-0.4, -0.2) is 12.2 Å². The molecule has 0 spiro atoms. The van der Waals surface area contributed by atoms with Gasteiger partial charge in [0.25, 0.3) is 0 Å². The van der Waals surface area contributed by atoms with E-state index in [2.05, 4.69) is 166 Å². The Morgan fingerprint density at radius 3 is 1.24 bits per heavy atom. The predicted octanol–water partition coefficient (Wildman–Crippen LogP) is 15.9. The Bertz CT molecular complexity index is 1630. The SMILES string of the molecule is COc1c(O)c(C(CC=C(C)C)(CC=C(C)C)/C(CC=C(C)C)=C(\C)C(CC=C(C)C)CC=C(C)C)c(CC=C(C)C)c(CC=C(C)C)c1CC=C(C)C. The lowest BCUT2D eigenvalue weighted by Gasteiger charge is -2.41. The number of methoxy groups -OCH3 is 1. The number of allylic oxidation sites excluding steroid dienone is 18. The van der Waals surface area contributed by atoms with Crippen LogP contribution < -0.4 is 4.74 Å². The molecule has 0 aliphatic carbocycles. The van der Waals surface area contributed by atoms with Gasteiger partial charge in [0.05, 0.1) is 7.11 Å². The molecule has 0 unspecified atom stereocenters. The van der Waals surface area contributed by atoms with Crippen LogP contribution in [0.2, 0.25) is 0 Å². The highest BCUT2D eigenvalue weighted by Crippen LogP contribution is 2.54. The van der Waals surface area contributed by atoms with Crippen LogP contribution >= 0.6 is 0 Å². The van der Waals surface area contributed by atoms with Gasteiger partial charge >= 0.3 is 0 Å². The lowest BCUT2D eigenvalue weighted by molar-refractivity contribution is 0.354. The summed E-state index contributed by atoms with van der Waals surface area (Å²) < 4.78 is 6.35. The Balaban J connectivity index is 5.12. The number of phenolic OH excluding ortho intramolecular Hbond substituents is 1. The molecule has 1 N–H and O–H groups in total. The minimum Gasteiger partial charge on any atom is -0.504 e. The molecule has 1 aromatic carbocycles. The quantitative estimate of drug-likeness (QED) is 0.135. The van der Waals surface area contributed by atoms with E-state index in [4.69, 9.17) is 4.74 Å². The minimum absolute atomic E-state index is 0.296. The molecule has 300 valence electrons. The molecular weight excluding hydrogens is 657 g/mol. The monoisotopic (exact) mass is 737 g/mol. The summed E-state index contributed by atoms with van der Waals surface area (Å²) in [5.41, 5.74) is 17.3. The van der Waals surface area contributed by atoms with E-state index in [1.807, 2.05) is 0 Å². The third kappa shape index (κ3) is 15.3. The largest absolute Gasteiger partial charge is 0.504 e. The fraction of sp³-hybridized carbons (Fsp3) is 0.538. The first-order valence-corrected chi connectivity index (χ1v) is 20.4. The van der Waals surface area contributed by atoms with Crippen LogP contribution in [0.4, 0.5) is 0 Å². The summed E-state index contributed by atoms with van der Waals surface area (Å²) in [5, 5.41) is 13.1. The van der Waals surface area contributed by atoms with Crippen LogP contribution in [0, 0.1) is 5.92 Å². The molecule has 2 heteroatoms. The van der Waals surface area contributed by atoms with Gasteiger partial charge in [0.2, 0.25) is 0 Å². The van der Waals surface area contributed by atoms with Crippen molar-refractivity contribution in [3.63, 3.8) is 0 Å². The molecule has 0 bridgehead atoms. The lowest BCUT2D eigenvalue weighted by Crippen LogP contribution is -2.32. The Morgan fingerprint density at radius 2 is 0.870 bits per heavy atom. The van der Waals surface area contributed by atoms with Crippen molar-refractivity contribution in [2.75, 3.05) is 7.11 Å². The topological polar surface area (TPSA) is 29.5 Å². The smallest absolute Gasteiger partial charge is 0.164 e. The van der Waals surface area contributed by atoms with E-state index >= 15 is 0 Å². The molecule has 54 heavy (non-hydrogen) atoms. The predicted molar refractivity (Wildman–Crippen MR) is 242 cm³/mol. The van der Waals surface area contributed by atoms with Gasteiger partial charge in [-0.15, -0.1) is 0 Å². The van der Waals surface area contributed by atoms with Gasteiger partial charge < -0.3 is 9.84 Å². The van der Waals surface area contributed by atoms with Gasteiger partial charge in [-0.25, -0.2) is 0 Å². The summed E-state index contributed by atoms with van der Waals surface area (Å²) in [7, 11) is 1.74. The van der Waals surface area contributed by atoms with Crippen LogP contribution in [-0.2, 0) is 24.7 Å². The molecule has 2 nitrogen and oxygen atoms in total.